The maximum absolute atomic E-state index is 11.7. The lowest BCUT2D eigenvalue weighted by atomic mass is 10.1. The quantitative estimate of drug-likeness (QED) is 0.358. The maximum atomic E-state index is 11.7. The molecule has 7 nitrogen and oxygen atoms in total. The fourth-order valence-corrected chi connectivity index (χ4v) is 1.60. The van der Waals surface area contributed by atoms with Crippen molar-refractivity contribution in [2.45, 2.75) is 18.9 Å². The number of esters is 1. The highest BCUT2D eigenvalue weighted by Crippen LogP contribution is 2.02. The third-order valence-electron chi connectivity index (χ3n) is 2.74. The number of amides is 2. The van der Waals surface area contributed by atoms with E-state index >= 15 is 0 Å². The van der Waals surface area contributed by atoms with E-state index in [0.29, 0.717) is 24.9 Å². The highest BCUT2D eigenvalue weighted by Gasteiger charge is 2.16. The number of primary amides is 1. The first kappa shape index (κ1) is 16.6. The molecule has 0 heterocycles. The lowest BCUT2D eigenvalue weighted by Crippen LogP contribution is -2.35. The summed E-state index contributed by atoms with van der Waals surface area (Å²) in [5.41, 5.74) is 11.0. The number of ether oxygens (including phenoxy) is 1. The topological polar surface area (TPSA) is 125 Å². The highest BCUT2D eigenvalue weighted by molar-refractivity contribution is 5.98. The Bertz CT molecular complexity index is 490. The van der Waals surface area contributed by atoms with E-state index in [2.05, 4.69) is 5.32 Å². The van der Waals surface area contributed by atoms with Crippen LogP contribution in [0.2, 0.25) is 0 Å². The van der Waals surface area contributed by atoms with Gasteiger partial charge in [0.05, 0.1) is 0 Å². The molecule has 0 aromatic heterocycles. The third kappa shape index (κ3) is 6.53. The zero-order chi connectivity index (χ0) is 15.7. The SMILES string of the molecule is NC(=O)NCCC[C@H](N)C(=O)OCC(=O)c1ccccc1. The predicted molar refractivity (Wildman–Crippen MR) is 76.5 cm³/mol. The molecule has 21 heavy (non-hydrogen) atoms. The van der Waals surface area contributed by atoms with Crippen molar-refractivity contribution in [3.8, 4) is 0 Å². The van der Waals surface area contributed by atoms with Gasteiger partial charge in [-0.15, -0.1) is 0 Å². The van der Waals surface area contributed by atoms with Gasteiger partial charge in [-0.05, 0) is 12.8 Å². The molecular weight excluding hydrogens is 274 g/mol. The molecule has 114 valence electrons. The van der Waals surface area contributed by atoms with E-state index in [1.54, 1.807) is 30.3 Å². The fourth-order valence-electron chi connectivity index (χ4n) is 1.60. The van der Waals surface area contributed by atoms with Crippen molar-refractivity contribution in [1.29, 1.82) is 0 Å². The standard InChI is InChI=1S/C14H19N3O4/c15-11(7-4-8-17-14(16)20)13(19)21-9-12(18)10-5-2-1-3-6-10/h1-3,5-6,11H,4,7-9,15H2,(H3,16,17,20)/t11-/m0/s1. The molecule has 1 aromatic carbocycles. The van der Waals surface area contributed by atoms with E-state index in [1.165, 1.54) is 0 Å². The van der Waals surface area contributed by atoms with Gasteiger partial charge in [-0.3, -0.25) is 9.59 Å². The first-order valence-corrected chi connectivity index (χ1v) is 6.54. The Morgan fingerprint density at radius 2 is 1.86 bits per heavy atom. The molecule has 2 amide bonds. The Labute approximate surface area is 122 Å². The normalized spacial score (nSPS) is 11.5. The van der Waals surface area contributed by atoms with Gasteiger partial charge in [-0.1, -0.05) is 30.3 Å². The molecule has 0 saturated heterocycles. The number of nitrogens with two attached hydrogens (primary N) is 2. The largest absolute Gasteiger partial charge is 0.456 e. The minimum Gasteiger partial charge on any atom is -0.456 e. The number of hydrogen-bond donors (Lipinski definition) is 3. The Morgan fingerprint density at radius 3 is 2.48 bits per heavy atom. The number of urea groups is 1. The van der Waals surface area contributed by atoms with E-state index in [-0.39, 0.29) is 12.4 Å². The molecule has 1 rings (SSSR count). The summed E-state index contributed by atoms with van der Waals surface area (Å²) in [7, 11) is 0. The summed E-state index contributed by atoms with van der Waals surface area (Å²) in [4.78, 5) is 33.8. The highest BCUT2D eigenvalue weighted by atomic mass is 16.5. The summed E-state index contributed by atoms with van der Waals surface area (Å²) in [6.07, 6.45) is 0.824. The van der Waals surface area contributed by atoms with Crippen LogP contribution in [-0.4, -0.2) is 37.0 Å². The van der Waals surface area contributed by atoms with Crippen LogP contribution in [0, 0.1) is 0 Å². The maximum Gasteiger partial charge on any atom is 0.323 e. The van der Waals surface area contributed by atoms with Gasteiger partial charge < -0.3 is 21.5 Å². The molecule has 0 aliphatic rings. The van der Waals surface area contributed by atoms with Gasteiger partial charge in [0.1, 0.15) is 6.04 Å². The van der Waals surface area contributed by atoms with E-state index in [0.717, 1.165) is 0 Å². The van der Waals surface area contributed by atoms with Crippen molar-refractivity contribution in [1.82, 2.24) is 5.32 Å². The van der Waals surface area contributed by atoms with Crippen LogP contribution in [-0.2, 0) is 9.53 Å². The summed E-state index contributed by atoms with van der Waals surface area (Å²) < 4.78 is 4.87. The smallest absolute Gasteiger partial charge is 0.323 e. The van der Waals surface area contributed by atoms with E-state index < -0.39 is 18.0 Å². The Morgan fingerprint density at radius 1 is 1.19 bits per heavy atom. The molecule has 5 N–H and O–H groups in total. The van der Waals surface area contributed by atoms with Crippen LogP contribution in [0.1, 0.15) is 23.2 Å². The number of carbonyl (C=O) groups excluding carboxylic acids is 3. The molecule has 0 saturated carbocycles. The molecule has 0 spiro atoms. The van der Waals surface area contributed by atoms with Gasteiger partial charge in [0.2, 0.25) is 0 Å². The first-order chi connectivity index (χ1) is 10.0. The summed E-state index contributed by atoms with van der Waals surface area (Å²) in [6.45, 7) is -0.00462. The van der Waals surface area contributed by atoms with Gasteiger partial charge >= 0.3 is 12.0 Å². The average Bonchev–Trinajstić information content (AvgIpc) is 2.49. The number of Topliss-reactive ketones (excluding diaryl/α,β-unsaturated/α-hetero) is 1. The number of hydrogen-bond acceptors (Lipinski definition) is 5. The second-order valence-electron chi connectivity index (χ2n) is 4.44. The van der Waals surface area contributed by atoms with Gasteiger partial charge in [0.15, 0.2) is 12.4 Å². The van der Waals surface area contributed by atoms with Gasteiger partial charge in [0, 0.05) is 12.1 Å². The summed E-state index contributed by atoms with van der Waals surface area (Å²) in [5, 5.41) is 2.39. The summed E-state index contributed by atoms with van der Waals surface area (Å²) in [6, 6.07) is 7.08. The average molecular weight is 293 g/mol. The van der Waals surface area contributed by atoms with Crippen LogP contribution in [0.4, 0.5) is 4.79 Å². The zero-order valence-corrected chi connectivity index (χ0v) is 11.6. The molecule has 1 aromatic rings. The molecule has 0 fully saturated rings. The van der Waals surface area contributed by atoms with E-state index in [4.69, 9.17) is 16.2 Å². The lowest BCUT2D eigenvalue weighted by molar-refractivity contribution is -0.144. The van der Waals surface area contributed by atoms with Crippen molar-refractivity contribution < 1.29 is 19.1 Å². The van der Waals surface area contributed by atoms with Crippen LogP contribution in [0.15, 0.2) is 30.3 Å². The molecule has 0 aliphatic carbocycles. The fraction of sp³-hybridized carbons (Fsp3) is 0.357. The molecular formula is C14H19N3O4. The summed E-state index contributed by atoms with van der Waals surface area (Å²) >= 11 is 0. The van der Waals surface area contributed by atoms with Crippen LogP contribution in [0.25, 0.3) is 0 Å². The van der Waals surface area contributed by atoms with Gasteiger partial charge in [-0.2, -0.15) is 0 Å². The molecule has 1 atom stereocenters. The van der Waals surface area contributed by atoms with Crippen LogP contribution >= 0.6 is 0 Å². The van der Waals surface area contributed by atoms with E-state index in [1.807, 2.05) is 0 Å². The van der Waals surface area contributed by atoms with Crippen molar-refractivity contribution in [3.05, 3.63) is 35.9 Å². The van der Waals surface area contributed by atoms with Crippen molar-refractivity contribution in [2.75, 3.05) is 13.2 Å². The lowest BCUT2D eigenvalue weighted by Gasteiger charge is -2.11. The molecule has 0 unspecified atom stereocenters. The minimum absolute atomic E-state index is 0.286. The van der Waals surface area contributed by atoms with Crippen molar-refractivity contribution in [2.24, 2.45) is 11.5 Å². The Hall–Kier alpha value is -2.41. The van der Waals surface area contributed by atoms with Crippen LogP contribution < -0.4 is 16.8 Å². The van der Waals surface area contributed by atoms with Gasteiger partial charge in [0.25, 0.3) is 0 Å². The second kappa shape index (κ2) is 8.70. The van der Waals surface area contributed by atoms with Crippen LogP contribution in [0.5, 0.6) is 0 Å². The number of carbonyl (C=O) groups is 3. The molecule has 0 aliphatic heterocycles. The Kier molecular flexibility index (Phi) is 6.90. The third-order valence-corrected chi connectivity index (χ3v) is 2.74. The van der Waals surface area contributed by atoms with Gasteiger partial charge in [-0.25, -0.2) is 4.79 Å². The van der Waals surface area contributed by atoms with Crippen molar-refractivity contribution >= 4 is 17.8 Å². The number of nitrogens with one attached hydrogen (secondary N) is 1. The summed E-state index contributed by atoms with van der Waals surface area (Å²) in [5.74, 6) is -0.926. The molecule has 0 bridgehead atoms. The zero-order valence-electron chi connectivity index (χ0n) is 11.6. The second-order valence-corrected chi connectivity index (χ2v) is 4.44. The predicted octanol–water partition coefficient (Wildman–Crippen LogP) is 0.188. The van der Waals surface area contributed by atoms with E-state index in [9.17, 15) is 14.4 Å². The minimum atomic E-state index is -0.830. The first-order valence-electron chi connectivity index (χ1n) is 6.54. The number of ketones is 1. The monoisotopic (exact) mass is 293 g/mol. The number of benzene rings is 1. The van der Waals surface area contributed by atoms with Crippen LogP contribution in [0.3, 0.4) is 0 Å². The molecule has 0 radical (unpaired) electrons. The number of rotatable bonds is 8. The van der Waals surface area contributed by atoms with Crippen molar-refractivity contribution in [3.63, 3.8) is 0 Å². The molecule has 7 heteroatoms. The Balaban J connectivity index is 2.26.